The Bertz CT molecular complexity index is 1280. The van der Waals surface area contributed by atoms with Crippen LogP contribution < -0.4 is 10.1 Å². The van der Waals surface area contributed by atoms with E-state index in [1.807, 2.05) is 0 Å². The van der Waals surface area contributed by atoms with E-state index in [0.29, 0.717) is 17.8 Å². The Morgan fingerprint density at radius 3 is 2.38 bits per heavy atom. The van der Waals surface area contributed by atoms with Gasteiger partial charge in [-0.05, 0) is 37.1 Å². The van der Waals surface area contributed by atoms with Gasteiger partial charge in [-0.1, -0.05) is 18.2 Å². The van der Waals surface area contributed by atoms with Gasteiger partial charge in [0.05, 0.1) is 16.1 Å². The van der Waals surface area contributed by atoms with Gasteiger partial charge in [0.1, 0.15) is 11.4 Å². The molecule has 2 aromatic carbocycles. The van der Waals surface area contributed by atoms with E-state index in [1.54, 1.807) is 0 Å². The molecule has 1 aliphatic rings. The number of amides is 2. The molecule has 1 fully saturated rings. The molecule has 0 unspecified atom stereocenters. The van der Waals surface area contributed by atoms with Crippen molar-refractivity contribution in [3.63, 3.8) is 0 Å². The highest BCUT2D eigenvalue weighted by Crippen LogP contribution is 2.35. The van der Waals surface area contributed by atoms with Crippen molar-refractivity contribution in [1.29, 1.82) is 0 Å². The molecule has 0 aliphatic carbocycles. The first kappa shape index (κ1) is 26.5. The topological polar surface area (TPSA) is 71.5 Å². The molecule has 196 valence electrons. The molecule has 0 radical (unpaired) electrons. The lowest BCUT2D eigenvalue weighted by Crippen LogP contribution is -2.38. The molecule has 3 aromatic rings. The summed E-state index contributed by atoms with van der Waals surface area (Å²) in [6.07, 6.45) is -8.61. The molecule has 2 heterocycles. The second-order valence-electron chi connectivity index (χ2n) is 8.21. The second kappa shape index (κ2) is 10.4. The van der Waals surface area contributed by atoms with Crippen LogP contribution in [0.1, 0.15) is 50.2 Å². The molecule has 0 spiro atoms. The minimum absolute atomic E-state index is 0.0692. The number of nitrogens with zero attached hydrogens (tertiary/aromatic N) is 2. The van der Waals surface area contributed by atoms with Gasteiger partial charge >= 0.3 is 12.5 Å². The average molecular weight is 543 g/mol. The maximum Gasteiger partial charge on any atom is 0.573 e. The van der Waals surface area contributed by atoms with Crippen molar-refractivity contribution in [2.45, 2.75) is 31.3 Å². The first-order valence-corrected chi connectivity index (χ1v) is 11.9. The average Bonchev–Trinajstić information content (AvgIpc) is 3.33. The zero-order valence-corrected chi connectivity index (χ0v) is 19.7. The maximum atomic E-state index is 13.3. The Balaban J connectivity index is 1.37. The number of halogens is 6. The first-order chi connectivity index (χ1) is 17.4. The largest absolute Gasteiger partial charge is 0.573 e. The number of ether oxygens (including phenoxy) is 1. The Kier molecular flexibility index (Phi) is 7.44. The van der Waals surface area contributed by atoms with E-state index in [9.17, 15) is 35.9 Å². The molecule has 37 heavy (non-hydrogen) atoms. The van der Waals surface area contributed by atoms with E-state index in [4.69, 9.17) is 0 Å². The van der Waals surface area contributed by atoms with E-state index < -0.39 is 41.2 Å². The number of carbonyl (C=O) groups is 2. The summed E-state index contributed by atoms with van der Waals surface area (Å²) in [6, 6.07) is 9.48. The van der Waals surface area contributed by atoms with Crippen LogP contribution in [0, 0.1) is 0 Å². The SMILES string of the molecule is O=C(Nc1cccc(OC(F)(F)F)c1)c1csc(C2CCN(C(=O)c3ccccc3C(F)(F)F)CC2)n1. The Hall–Kier alpha value is -3.61. The molecule has 4 rings (SSSR count). The van der Waals surface area contributed by atoms with Gasteiger partial charge in [-0.25, -0.2) is 4.98 Å². The number of alkyl halides is 6. The number of nitrogens with one attached hydrogen (secondary N) is 1. The number of hydrogen-bond donors (Lipinski definition) is 1. The molecule has 13 heteroatoms. The second-order valence-corrected chi connectivity index (χ2v) is 9.10. The fraction of sp³-hybridized carbons (Fsp3) is 0.292. The Morgan fingerprint density at radius 2 is 1.70 bits per heavy atom. The summed E-state index contributed by atoms with van der Waals surface area (Å²) in [5.74, 6) is -1.90. The number of benzene rings is 2. The normalized spacial score (nSPS) is 14.9. The van der Waals surface area contributed by atoms with E-state index in [2.05, 4.69) is 15.0 Å². The van der Waals surface area contributed by atoms with Gasteiger partial charge in [0, 0.05) is 36.1 Å². The van der Waals surface area contributed by atoms with Crippen LogP contribution >= 0.6 is 11.3 Å². The smallest absolute Gasteiger partial charge is 0.406 e. The fourth-order valence-electron chi connectivity index (χ4n) is 3.96. The molecule has 2 amide bonds. The molecule has 1 aromatic heterocycles. The zero-order valence-electron chi connectivity index (χ0n) is 18.9. The highest BCUT2D eigenvalue weighted by Gasteiger charge is 2.37. The van der Waals surface area contributed by atoms with Gasteiger partial charge in [-0.15, -0.1) is 24.5 Å². The van der Waals surface area contributed by atoms with Crippen LogP contribution in [0.4, 0.5) is 32.0 Å². The van der Waals surface area contributed by atoms with Crippen LogP contribution in [0.2, 0.25) is 0 Å². The van der Waals surface area contributed by atoms with Crippen LogP contribution in [-0.4, -0.2) is 41.2 Å². The number of rotatable bonds is 5. The number of piperidine rings is 1. The highest BCUT2D eigenvalue weighted by molar-refractivity contribution is 7.10. The van der Waals surface area contributed by atoms with Crippen molar-refractivity contribution >= 4 is 28.8 Å². The Morgan fingerprint density at radius 1 is 1.00 bits per heavy atom. The summed E-state index contributed by atoms with van der Waals surface area (Å²) in [4.78, 5) is 31.0. The lowest BCUT2D eigenvalue weighted by Gasteiger charge is -2.31. The minimum Gasteiger partial charge on any atom is -0.406 e. The predicted molar refractivity (Wildman–Crippen MR) is 123 cm³/mol. The molecule has 6 nitrogen and oxygen atoms in total. The van der Waals surface area contributed by atoms with Crippen molar-refractivity contribution in [2.75, 3.05) is 18.4 Å². The molecule has 0 atom stereocenters. The molecule has 1 N–H and O–H groups in total. The number of carbonyl (C=O) groups excluding carboxylic acids is 2. The van der Waals surface area contributed by atoms with Crippen molar-refractivity contribution in [3.8, 4) is 5.75 Å². The summed E-state index contributed by atoms with van der Waals surface area (Å²) >= 11 is 1.22. The lowest BCUT2D eigenvalue weighted by molar-refractivity contribution is -0.274. The van der Waals surface area contributed by atoms with Crippen molar-refractivity contribution in [2.24, 2.45) is 0 Å². The summed E-state index contributed by atoms with van der Waals surface area (Å²) in [7, 11) is 0. The molecule has 1 saturated heterocycles. The predicted octanol–water partition coefficient (Wildman–Crippen LogP) is 6.33. The van der Waals surface area contributed by atoms with Gasteiger partial charge in [0.25, 0.3) is 11.8 Å². The fourth-order valence-corrected chi connectivity index (χ4v) is 4.93. The minimum atomic E-state index is -4.87. The first-order valence-electron chi connectivity index (χ1n) is 11.0. The van der Waals surface area contributed by atoms with Gasteiger partial charge in [0.15, 0.2) is 0 Å². The molecule has 0 bridgehead atoms. The lowest BCUT2D eigenvalue weighted by atomic mass is 9.96. The highest BCUT2D eigenvalue weighted by atomic mass is 32.1. The van der Waals surface area contributed by atoms with Gasteiger partial charge in [-0.2, -0.15) is 13.2 Å². The molecule has 0 saturated carbocycles. The number of hydrogen-bond acceptors (Lipinski definition) is 5. The molecular formula is C24H19F6N3O3S. The third-order valence-corrected chi connectivity index (χ3v) is 6.68. The Labute approximate surface area is 210 Å². The van der Waals surface area contributed by atoms with Crippen LogP contribution in [0.25, 0.3) is 0 Å². The van der Waals surface area contributed by atoms with E-state index in [1.165, 1.54) is 45.9 Å². The molecule has 1 aliphatic heterocycles. The summed E-state index contributed by atoms with van der Waals surface area (Å²) < 4.78 is 80.9. The van der Waals surface area contributed by atoms with Gasteiger partial charge < -0.3 is 15.0 Å². The molecular weight excluding hydrogens is 524 g/mol. The van der Waals surface area contributed by atoms with Crippen LogP contribution in [0.5, 0.6) is 5.75 Å². The van der Waals surface area contributed by atoms with Crippen molar-refractivity contribution < 1.29 is 40.7 Å². The van der Waals surface area contributed by atoms with E-state index >= 15 is 0 Å². The standard InChI is InChI=1S/C24H19F6N3O3S/c25-23(26,27)18-7-2-1-6-17(18)22(35)33-10-8-14(9-11-33)21-32-19(13-37-21)20(34)31-15-4-3-5-16(12-15)36-24(28,29)30/h1-7,12-14H,8-11H2,(H,31,34). The van der Waals surface area contributed by atoms with Crippen molar-refractivity contribution in [1.82, 2.24) is 9.88 Å². The summed E-state index contributed by atoms with van der Waals surface area (Å²) in [5, 5.41) is 4.61. The van der Waals surface area contributed by atoms with Crippen LogP contribution in [-0.2, 0) is 6.18 Å². The summed E-state index contributed by atoms with van der Waals surface area (Å²) in [6.45, 7) is 0.450. The number of aromatic nitrogens is 1. The number of thiazole rings is 1. The van der Waals surface area contributed by atoms with E-state index in [0.717, 1.165) is 24.3 Å². The third-order valence-electron chi connectivity index (χ3n) is 5.67. The number of likely N-dealkylation sites (tertiary alicyclic amines) is 1. The van der Waals surface area contributed by atoms with Gasteiger partial charge in [0.2, 0.25) is 0 Å². The monoisotopic (exact) mass is 543 g/mol. The van der Waals surface area contributed by atoms with Gasteiger partial charge in [-0.3, -0.25) is 9.59 Å². The van der Waals surface area contributed by atoms with Crippen LogP contribution in [0.3, 0.4) is 0 Å². The summed E-state index contributed by atoms with van der Waals surface area (Å²) in [5.41, 5.74) is -1.22. The van der Waals surface area contributed by atoms with Crippen LogP contribution in [0.15, 0.2) is 53.9 Å². The zero-order chi connectivity index (χ0) is 26.8. The van der Waals surface area contributed by atoms with E-state index in [-0.39, 0.29) is 30.4 Å². The third kappa shape index (κ3) is 6.59. The van der Waals surface area contributed by atoms with Crippen molar-refractivity contribution in [3.05, 3.63) is 75.7 Å². The maximum absolute atomic E-state index is 13.3. The quantitative estimate of drug-likeness (QED) is 0.382. The number of anilines is 1.